The zero-order valence-electron chi connectivity index (χ0n) is 13.6. The summed E-state index contributed by atoms with van der Waals surface area (Å²) < 4.78 is 18.6. The third-order valence-corrected chi connectivity index (χ3v) is 4.35. The molecule has 0 aromatic heterocycles. The molecular weight excluding hydrogens is 283 g/mol. The Bertz CT molecular complexity index is 521. The molecule has 0 spiro atoms. The van der Waals surface area contributed by atoms with Crippen LogP contribution >= 0.6 is 0 Å². The van der Waals surface area contributed by atoms with E-state index in [1.165, 1.54) is 13.2 Å². The normalized spacial score (nSPS) is 21.7. The third kappa shape index (κ3) is 3.97. The SMILES string of the molecule is CCC(=O)N1CC[C@@H](NCc2ccc(OC)c(F)c2)[C@@H](C)C1. The minimum Gasteiger partial charge on any atom is -0.494 e. The number of hydrogen-bond donors (Lipinski definition) is 1. The maximum atomic E-state index is 13.7. The molecule has 2 atom stereocenters. The van der Waals surface area contributed by atoms with Gasteiger partial charge < -0.3 is 15.0 Å². The summed E-state index contributed by atoms with van der Waals surface area (Å²) >= 11 is 0. The van der Waals surface area contributed by atoms with Gasteiger partial charge in [-0.25, -0.2) is 4.39 Å². The van der Waals surface area contributed by atoms with Crippen molar-refractivity contribution in [2.45, 2.75) is 39.3 Å². The first kappa shape index (κ1) is 16.7. The number of rotatable bonds is 5. The second-order valence-corrected chi connectivity index (χ2v) is 5.92. The smallest absolute Gasteiger partial charge is 0.222 e. The number of nitrogens with zero attached hydrogens (tertiary/aromatic N) is 1. The predicted molar refractivity (Wildman–Crippen MR) is 84.2 cm³/mol. The van der Waals surface area contributed by atoms with Crippen molar-refractivity contribution >= 4 is 5.91 Å². The van der Waals surface area contributed by atoms with Crippen LogP contribution in [0, 0.1) is 11.7 Å². The number of ether oxygens (including phenoxy) is 1. The summed E-state index contributed by atoms with van der Waals surface area (Å²) in [5.74, 6) is 0.552. The van der Waals surface area contributed by atoms with Crippen LogP contribution in [0.3, 0.4) is 0 Å². The minimum atomic E-state index is -0.335. The molecule has 1 aliphatic rings. The zero-order valence-corrected chi connectivity index (χ0v) is 13.6. The average Bonchev–Trinajstić information content (AvgIpc) is 2.53. The number of methoxy groups -OCH3 is 1. The number of nitrogens with one attached hydrogen (secondary N) is 1. The molecule has 4 nitrogen and oxygen atoms in total. The fourth-order valence-electron chi connectivity index (χ4n) is 2.97. The molecule has 1 aromatic rings. The van der Waals surface area contributed by atoms with E-state index >= 15 is 0 Å². The van der Waals surface area contributed by atoms with Crippen LogP contribution in [0.25, 0.3) is 0 Å². The fourth-order valence-corrected chi connectivity index (χ4v) is 2.97. The van der Waals surface area contributed by atoms with Gasteiger partial charge in [-0.05, 0) is 30.0 Å². The highest BCUT2D eigenvalue weighted by molar-refractivity contribution is 5.75. The van der Waals surface area contributed by atoms with Crippen molar-refractivity contribution in [2.24, 2.45) is 5.92 Å². The van der Waals surface area contributed by atoms with Gasteiger partial charge in [0.15, 0.2) is 11.6 Å². The zero-order chi connectivity index (χ0) is 16.1. The van der Waals surface area contributed by atoms with Gasteiger partial charge in [-0.15, -0.1) is 0 Å². The lowest BCUT2D eigenvalue weighted by atomic mass is 9.93. The molecule has 0 radical (unpaired) electrons. The number of hydrogen-bond acceptors (Lipinski definition) is 3. The van der Waals surface area contributed by atoms with E-state index in [1.54, 1.807) is 6.07 Å². The lowest BCUT2D eigenvalue weighted by Crippen LogP contribution is -2.49. The predicted octanol–water partition coefficient (Wildman–Crippen LogP) is 2.57. The lowest BCUT2D eigenvalue weighted by molar-refractivity contribution is -0.132. The van der Waals surface area contributed by atoms with Crippen LogP contribution in [0.5, 0.6) is 5.75 Å². The highest BCUT2D eigenvalue weighted by atomic mass is 19.1. The van der Waals surface area contributed by atoms with Gasteiger partial charge >= 0.3 is 0 Å². The van der Waals surface area contributed by atoms with Gasteiger partial charge in [0.1, 0.15) is 0 Å². The average molecular weight is 308 g/mol. The molecule has 1 aromatic carbocycles. The molecule has 1 N–H and O–H groups in total. The summed E-state index contributed by atoms with van der Waals surface area (Å²) in [6.45, 7) is 6.27. The first-order valence-corrected chi connectivity index (χ1v) is 7.88. The van der Waals surface area contributed by atoms with Crippen LogP contribution in [0.2, 0.25) is 0 Å². The van der Waals surface area contributed by atoms with E-state index in [1.807, 2.05) is 17.9 Å². The van der Waals surface area contributed by atoms with Crippen molar-refractivity contribution in [2.75, 3.05) is 20.2 Å². The Balaban J connectivity index is 1.87. The summed E-state index contributed by atoms with van der Waals surface area (Å²) in [7, 11) is 1.46. The highest BCUT2D eigenvalue weighted by Crippen LogP contribution is 2.20. The molecule has 2 rings (SSSR count). The van der Waals surface area contributed by atoms with Crippen molar-refractivity contribution in [3.8, 4) is 5.75 Å². The number of carbonyl (C=O) groups is 1. The van der Waals surface area contributed by atoms with Crippen molar-refractivity contribution in [3.05, 3.63) is 29.6 Å². The maximum absolute atomic E-state index is 13.7. The Hall–Kier alpha value is -1.62. The van der Waals surface area contributed by atoms with E-state index < -0.39 is 0 Å². The Kier molecular flexibility index (Phi) is 5.77. The van der Waals surface area contributed by atoms with Crippen molar-refractivity contribution in [1.29, 1.82) is 0 Å². The van der Waals surface area contributed by atoms with Crippen molar-refractivity contribution in [3.63, 3.8) is 0 Å². The topological polar surface area (TPSA) is 41.6 Å². The van der Waals surface area contributed by atoms with E-state index in [0.29, 0.717) is 24.9 Å². The van der Waals surface area contributed by atoms with Crippen LogP contribution < -0.4 is 10.1 Å². The second kappa shape index (κ2) is 7.58. The highest BCUT2D eigenvalue weighted by Gasteiger charge is 2.27. The molecular formula is C17H25FN2O2. The molecule has 0 saturated carbocycles. The number of likely N-dealkylation sites (tertiary alicyclic amines) is 1. The van der Waals surface area contributed by atoms with E-state index in [4.69, 9.17) is 4.74 Å². The summed E-state index contributed by atoms with van der Waals surface area (Å²) in [6, 6.07) is 5.38. The quantitative estimate of drug-likeness (QED) is 0.909. The summed E-state index contributed by atoms with van der Waals surface area (Å²) in [5, 5.41) is 3.48. The molecule has 1 heterocycles. The van der Waals surface area contributed by atoms with Crippen LogP contribution in [-0.2, 0) is 11.3 Å². The summed E-state index contributed by atoms with van der Waals surface area (Å²) in [6.07, 6.45) is 1.50. The Morgan fingerprint density at radius 2 is 2.27 bits per heavy atom. The third-order valence-electron chi connectivity index (χ3n) is 4.35. The molecule has 122 valence electrons. The van der Waals surface area contributed by atoms with Crippen LogP contribution in [-0.4, -0.2) is 37.0 Å². The van der Waals surface area contributed by atoms with Crippen molar-refractivity contribution in [1.82, 2.24) is 10.2 Å². The first-order valence-electron chi connectivity index (χ1n) is 7.88. The van der Waals surface area contributed by atoms with E-state index in [2.05, 4.69) is 12.2 Å². The van der Waals surface area contributed by atoms with Gasteiger partial charge in [0.2, 0.25) is 5.91 Å². The number of benzene rings is 1. The number of halogens is 1. The first-order chi connectivity index (χ1) is 10.5. The molecule has 0 aliphatic carbocycles. The van der Waals surface area contributed by atoms with Gasteiger partial charge in [-0.1, -0.05) is 19.9 Å². The van der Waals surface area contributed by atoms with Crippen LogP contribution in [0.4, 0.5) is 4.39 Å². The largest absolute Gasteiger partial charge is 0.494 e. The van der Waals surface area contributed by atoms with Crippen LogP contribution in [0.1, 0.15) is 32.3 Å². The Morgan fingerprint density at radius 3 is 2.86 bits per heavy atom. The van der Waals surface area contributed by atoms with Gasteiger partial charge in [-0.3, -0.25) is 4.79 Å². The fraction of sp³-hybridized carbons (Fsp3) is 0.588. The van der Waals surface area contributed by atoms with Gasteiger partial charge in [0.25, 0.3) is 0 Å². The summed E-state index contributed by atoms with van der Waals surface area (Å²) in [5.41, 5.74) is 0.901. The molecule has 0 bridgehead atoms. The van der Waals surface area contributed by atoms with E-state index in [9.17, 15) is 9.18 Å². The second-order valence-electron chi connectivity index (χ2n) is 5.92. The molecule has 22 heavy (non-hydrogen) atoms. The molecule has 1 fully saturated rings. The molecule has 1 saturated heterocycles. The van der Waals surface area contributed by atoms with E-state index in [-0.39, 0.29) is 17.5 Å². The van der Waals surface area contributed by atoms with E-state index in [0.717, 1.165) is 25.1 Å². The minimum absolute atomic E-state index is 0.225. The Morgan fingerprint density at radius 1 is 1.50 bits per heavy atom. The lowest BCUT2D eigenvalue weighted by Gasteiger charge is -2.37. The van der Waals surface area contributed by atoms with Gasteiger partial charge in [-0.2, -0.15) is 0 Å². The number of carbonyl (C=O) groups excluding carboxylic acids is 1. The standard InChI is InChI=1S/C17H25FN2O2/c1-4-17(21)20-8-7-15(12(2)11-20)19-10-13-5-6-16(22-3)14(18)9-13/h5-6,9,12,15,19H,4,7-8,10-11H2,1-3H3/t12-,15+/m0/s1. The Labute approximate surface area is 131 Å². The van der Waals surface area contributed by atoms with Gasteiger partial charge in [0, 0.05) is 32.1 Å². The molecule has 1 amide bonds. The van der Waals surface area contributed by atoms with Crippen LogP contribution in [0.15, 0.2) is 18.2 Å². The monoisotopic (exact) mass is 308 g/mol. The molecule has 1 aliphatic heterocycles. The number of piperidine rings is 1. The van der Waals surface area contributed by atoms with Crippen molar-refractivity contribution < 1.29 is 13.9 Å². The summed E-state index contributed by atoms with van der Waals surface area (Å²) in [4.78, 5) is 13.7. The molecule has 5 heteroatoms. The number of amides is 1. The maximum Gasteiger partial charge on any atom is 0.222 e. The molecule has 0 unspecified atom stereocenters. The van der Waals surface area contributed by atoms with Gasteiger partial charge in [0.05, 0.1) is 7.11 Å².